The van der Waals surface area contributed by atoms with E-state index in [1.165, 1.54) is 50.0 Å². The molecule has 2 saturated heterocycles. The van der Waals surface area contributed by atoms with Crippen LogP contribution in [-0.2, 0) is 4.74 Å². The van der Waals surface area contributed by atoms with Crippen LogP contribution >= 0.6 is 11.8 Å². The molecule has 2 nitrogen and oxygen atoms in total. The van der Waals surface area contributed by atoms with E-state index < -0.39 is 0 Å². The van der Waals surface area contributed by atoms with Crippen molar-refractivity contribution in [1.82, 2.24) is 0 Å². The van der Waals surface area contributed by atoms with Crippen molar-refractivity contribution in [3.05, 3.63) is 12.2 Å². The van der Waals surface area contributed by atoms with E-state index in [1.807, 2.05) is 6.08 Å². The van der Waals surface area contributed by atoms with Gasteiger partial charge in [-0.2, -0.15) is 11.8 Å². The summed E-state index contributed by atoms with van der Waals surface area (Å²) in [6.45, 7) is 2.43. The number of rotatable bonds is 10. The molecule has 2 aliphatic heterocycles. The number of allylic oxidation sites excluding steroid dienone is 1. The Hall–Kier alpha value is 0.01000. The number of ether oxygens (including phenoxy) is 1. The van der Waals surface area contributed by atoms with Crippen molar-refractivity contribution in [3.63, 3.8) is 0 Å². The van der Waals surface area contributed by atoms with E-state index in [2.05, 4.69) is 24.8 Å². The maximum absolute atomic E-state index is 8.86. The third-order valence-electron chi connectivity index (χ3n) is 4.72. The molecule has 3 heteroatoms. The van der Waals surface area contributed by atoms with Gasteiger partial charge in [0.2, 0.25) is 0 Å². The molecule has 0 radical (unpaired) electrons. The van der Waals surface area contributed by atoms with Gasteiger partial charge in [-0.05, 0) is 49.0 Å². The molecule has 2 fully saturated rings. The molecule has 2 bridgehead atoms. The molecule has 2 heterocycles. The Kier molecular flexibility index (Phi) is 7.47. The molecule has 4 atom stereocenters. The van der Waals surface area contributed by atoms with Gasteiger partial charge in [0, 0.05) is 0 Å². The summed E-state index contributed by atoms with van der Waals surface area (Å²) in [7, 11) is 0. The number of thioether (sulfide) groups is 1. The molecule has 0 amide bonds. The fraction of sp³-hybridized carbons (Fsp3) is 0.882. The minimum atomic E-state index is 0.165. The average Bonchev–Trinajstić information content (AvgIpc) is 3.05. The van der Waals surface area contributed by atoms with Crippen molar-refractivity contribution >= 4 is 11.8 Å². The van der Waals surface area contributed by atoms with Crippen LogP contribution in [0.3, 0.4) is 0 Å². The van der Waals surface area contributed by atoms with Crippen LogP contribution in [-0.4, -0.2) is 35.4 Å². The second kappa shape index (κ2) is 9.11. The second-order valence-corrected chi connectivity index (χ2v) is 7.29. The molecule has 0 saturated carbocycles. The summed E-state index contributed by atoms with van der Waals surface area (Å²) in [4.78, 5) is 0. The predicted molar refractivity (Wildman–Crippen MR) is 87.2 cm³/mol. The molecule has 116 valence electrons. The lowest BCUT2D eigenvalue weighted by Gasteiger charge is -2.27. The first kappa shape index (κ1) is 16.4. The van der Waals surface area contributed by atoms with Gasteiger partial charge in [0.15, 0.2) is 0 Å². The molecule has 0 aromatic rings. The van der Waals surface area contributed by atoms with Gasteiger partial charge in [-0.3, -0.25) is 0 Å². The van der Waals surface area contributed by atoms with Crippen LogP contribution in [0, 0.1) is 11.8 Å². The van der Waals surface area contributed by atoms with Crippen molar-refractivity contribution in [2.45, 2.75) is 64.1 Å². The first-order valence-electron chi connectivity index (χ1n) is 8.35. The first-order chi connectivity index (χ1) is 9.86. The Morgan fingerprint density at radius 1 is 1.10 bits per heavy atom. The van der Waals surface area contributed by atoms with Gasteiger partial charge in [0.25, 0.3) is 0 Å². The third-order valence-corrected chi connectivity index (χ3v) is 5.92. The molecule has 2 aliphatic rings. The van der Waals surface area contributed by atoms with Crippen LogP contribution < -0.4 is 0 Å². The van der Waals surface area contributed by atoms with Gasteiger partial charge in [-0.1, -0.05) is 38.3 Å². The maximum Gasteiger partial charge on any atom is 0.0619 e. The summed E-state index contributed by atoms with van der Waals surface area (Å²) in [5.41, 5.74) is 0. The zero-order valence-electron chi connectivity index (χ0n) is 12.8. The van der Waals surface area contributed by atoms with E-state index in [0.717, 1.165) is 12.3 Å². The number of hydrogen-bond donors (Lipinski definition) is 1. The predicted octanol–water partition coefficient (Wildman–Crippen LogP) is 4.03. The van der Waals surface area contributed by atoms with Crippen LogP contribution in [0.4, 0.5) is 0 Å². The van der Waals surface area contributed by atoms with Crippen LogP contribution in [0.2, 0.25) is 0 Å². The fourth-order valence-electron chi connectivity index (χ4n) is 3.61. The topological polar surface area (TPSA) is 29.5 Å². The summed E-state index contributed by atoms with van der Waals surface area (Å²) in [5, 5.41) is 8.86. The molecule has 4 unspecified atom stereocenters. The lowest BCUT2D eigenvalue weighted by Crippen LogP contribution is -2.28. The van der Waals surface area contributed by atoms with Crippen molar-refractivity contribution in [2.24, 2.45) is 11.8 Å². The zero-order valence-corrected chi connectivity index (χ0v) is 13.6. The van der Waals surface area contributed by atoms with E-state index in [-0.39, 0.29) is 6.61 Å². The molecule has 0 aromatic heterocycles. The fourth-order valence-corrected chi connectivity index (χ4v) is 4.92. The van der Waals surface area contributed by atoms with E-state index >= 15 is 0 Å². The van der Waals surface area contributed by atoms with Crippen molar-refractivity contribution in [1.29, 1.82) is 0 Å². The van der Waals surface area contributed by atoms with E-state index in [9.17, 15) is 0 Å². The lowest BCUT2D eigenvalue weighted by molar-refractivity contribution is 0.0888. The quantitative estimate of drug-likeness (QED) is 0.488. The van der Waals surface area contributed by atoms with Gasteiger partial charge in [-0.25, -0.2) is 0 Å². The number of hydrogen-bond acceptors (Lipinski definition) is 3. The van der Waals surface area contributed by atoms with E-state index in [1.54, 1.807) is 0 Å². The minimum absolute atomic E-state index is 0.165. The highest BCUT2D eigenvalue weighted by molar-refractivity contribution is 7.99. The van der Waals surface area contributed by atoms with Crippen molar-refractivity contribution < 1.29 is 9.84 Å². The Morgan fingerprint density at radius 3 is 2.65 bits per heavy atom. The van der Waals surface area contributed by atoms with Crippen LogP contribution in [0.25, 0.3) is 0 Å². The molecule has 1 N–H and O–H groups in total. The van der Waals surface area contributed by atoms with Gasteiger partial charge in [0.05, 0.1) is 18.8 Å². The van der Waals surface area contributed by atoms with Crippen LogP contribution in [0.15, 0.2) is 12.2 Å². The third kappa shape index (κ3) is 4.51. The zero-order chi connectivity index (χ0) is 14.2. The lowest BCUT2D eigenvalue weighted by atomic mass is 9.78. The summed E-state index contributed by atoms with van der Waals surface area (Å²) in [6.07, 6.45) is 14.1. The minimum Gasteiger partial charge on any atom is -0.392 e. The van der Waals surface area contributed by atoms with E-state index in [4.69, 9.17) is 9.84 Å². The maximum atomic E-state index is 8.86. The largest absolute Gasteiger partial charge is 0.392 e. The summed E-state index contributed by atoms with van der Waals surface area (Å²) < 4.78 is 6.11. The Balaban J connectivity index is 1.69. The molecule has 0 aliphatic carbocycles. The average molecular weight is 298 g/mol. The van der Waals surface area contributed by atoms with Gasteiger partial charge >= 0.3 is 0 Å². The Labute approximate surface area is 128 Å². The summed E-state index contributed by atoms with van der Waals surface area (Å²) in [5.74, 6) is 4.02. The molecule has 0 aromatic carbocycles. The molecular weight excluding hydrogens is 268 g/mol. The normalized spacial score (nSPS) is 32.5. The van der Waals surface area contributed by atoms with Crippen LogP contribution in [0.5, 0.6) is 0 Å². The van der Waals surface area contributed by atoms with Gasteiger partial charge in [-0.15, -0.1) is 0 Å². The van der Waals surface area contributed by atoms with Crippen molar-refractivity contribution in [3.8, 4) is 0 Å². The Bertz CT molecular complexity index is 293. The smallest absolute Gasteiger partial charge is 0.0619 e. The number of aliphatic hydroxyl groups excluding tert-OH is 1. The summed E-state index contributed by atoms with van der Waals surface area (Å²) in [6, 6.07) is 0. The molecule has 2 rings (SSSR count). The SMILES string of the molecule is CCCCCCSCC1C2CCC(O2)C1CC=CCO. The monoisotopic (exact) mass is 298 g/mol. The molecular formula is C17H30O2S. The molecule has 0 spiro atoms. The van der Waals surface area contributed by atoms with Crippen molar-refractivity contribution in [2.75, 3.05) is 18.1 Å². The van der Waals surface area contributed by atoms with Gasteiger partial charge in [0.1, 0.15) is 0 Å². The molecule has 20 heavy (non-hydrogen) atoms. The summed E-state index contributed by atoms with van der Waals surface area (Å²) >= 11 is 2.13. The number of fused-ring (bicyclic) bond motifs is 2. The Morgan fingerprint density at radius 2 is 1.90 bits per heavy atom. The van der Waals surface area contributed by atoms with Gasteiger partial charge < -0.3 is 9.84 Å². The van der Waals surface area contributed by atoms with Crippen LogP contribution in [0.1, 0.15) is 51.9 Å². The van der Waals surface area contributed by atoms with E-state index in [0.29, 0.717) is 18.1 Å². The number of aliphatic hydroxyl groups is 1. The standard InChI is InChI=1S/C17H30O2S/c1-2-3-4-7-12-20-13-15-14(8-5-6-11-18)16-9-10-17(15)19-16/h5-6,14-18H,2-4,7-13H2,1H3. The second-order valence-electron chi connectivity index (χ2n) is 6.14. The number of unbranched alkanes of at least 4 members (excludes halogenated alkanes) is 3. The highest BCUT2D eigenvalue weighted by Crippen LogP contribution is 2.46. The highest BCUT2D eigenvalue weighted by atomic mass is 32.2. The highest BCUT2D eigenvalue weighted by Gasteiger charge is 2.47. The first-order valence-corrected chi connectivity index (χ1v) is 9.51.